The molecule has 100 valence electrons. The van der Waals surface area contributed by atoms with E-state index in [1.807, 2.05) is 13.8 Å². The number of carbonyl (C=O) groups is 1. The van der Waals surface area contributed by atoms with Crippen LogP contribution >= 0.6 is 0 Å². The lowest BCUT2D eigenvalue weighted by atomic mass is 10.2. The summed E-state index contributed by atoms with van der Waals surface area (Å²) in [4.78, 5) is 11.0. The van der Waals surface area contributed by atoms with Crippen molar-refractivity contribution in [2.45, 2.75) is 46.4 Å². The Hall–Kier alpha value is -0.653. The molecule has 5 heteroatoms. The molecule has 1 N–H and O–H groups in total. The highest BCUT2D eigenvalue weighted by atomic mass is 28.2. The fraction of sp³-hybridized carbons (Fsp3) is 0.750. The molecule has 0 atom stereocenters. The summed E-state index contributed by atoms with van der Waals surface area (Å²) < 4.78 is 11.0. The quantitative estimate of drug-likeness (QED) is 0.389. The summed E-state index contributed by atoms with van der Waals surface area (Å²) in [7, 11) is -0.830. The number of allylic oxidation sites excluding steroid dienone is 1. The van der Waals surface area contributed by atoms with Crippen molar-refractivity contribution in [3.8, 4) is 0 Å². The zero-order valence-electron chi connectivity index (χ0n) is 11.3. The van der Waals surface area contributed by atoms with Gasteiger partial charge in [0.25, 0.3) is 0 Å². The Labute approximate surface area is 106 Å². The van der Waals surface area contributed by atoms with Gasteiger partial charge in [-0.25, -0.2) is 4.79 Å². The molecule has 0 amide bonds. The highest BCUT2D eigenvalue weighted by Gasteiger charge is 2.16. The summed E-state index contributed by atoms with van der Waals surface area (Å²) in [5.41, 5.74) is 0.475. The van der Waals surface area contributed by atoms with Crippen LogP contribution in [0.25, 0.3) is 0 Å². The maximum Gasteiger partial charge on any atom is 0.330 e. The van der Waals surface area contributed by atoms with Crippen LogP contribution in [0.4, 0.5) is 0 Å². The van der Waals surface area contributed by atoms with E-state index in [2.05, 4.69) is 6.92 Å². The monoisotopic (exact) mass is 260 g/mol. The number of rotatable bonds is 9. The number of hydrogen-bond acceptors (Lipinski definition) is 3. The van der Waals surface area contributed by atoms with E-state index >= 15 is 0 Å². The molecule has 0 fully saturated rings. The van der Waals surface area contributed by atoms with E-state index < -0.39 is 15.5 Å². The molecule has 0 aliphatic rings. The Kier molecular flexibility index (Phi) is 9.02. The van der Waals surface area contributed by atoms with Crippen LogP contribution in [0.1, 0.15) is 40.5 Å². The SMILES string of the molecule is CCC/C([SiH2]C(OCC)OCC)=C(/C)C(=O)O. The average Bonchev–Trinajstić information content (AvgIpc) is 2.28. The standard InChI is InChI=1S/C12H24O4Si/c1-5-8-10(9(4)11(13)14)17-12(15-6-2)16-7-3/h12H,5-8,17H2,1-4H3,(H,13,14)/b10-9+. The molecule has 4 nitrogen and oxygen atoms in total. The molecule has 0 aliphatic heterocycles. The van der Waals surface area contributed by atoms with Gasteiger partial charge in [0.1, 0.15) is 15.4 Å². The van der Waals surface area contributed by atoms with Crippen molar-refractivity contribution in [3.05, 3.63) is 10.8 Å². The molecule has 0 spiro atoms. The zero-order chi connectivity index (χ0) is 13.3. The van der Waals surface area contributed by atoms with Gasteiger partial charge in [-0.15, -0.1) is 0 Å². The molecule has 0 aromatic heterocycles. The van der Waals surface area contributed by atoms with Crippen molar-refractivity contribution in [3.63, 3.8) is 0 Å². The summed E-state index contributed by atoms with van der Waals surface area (Å²) in [6.45, 7) is 8.78. The van der Waals surface area contributed by atoms with E-state index in [-0.39, 0.29) is 5.91 Å². The fourth-order valence-corrected chi connectivity index (χ4v) is 3.76. The first-order chi connectivity index (χ1) is 8.06. The molecule has 0 aromatic rings. The van der Waals surface area contributed by atoms with Crippen LogP contribution in [0.15, 0.2) is 10.8 Å². The summed E-state index contributed by atoms with van der Waals surface area (Å²) in [6, 6.07) is 0. The van der Waals surface area contributed by atoms with Gasteiger partial charge < -0.3 is 14.6 Å². The third-order valence-electron chi connectivity index (χ3n) is 2.52. The molecule has 0 saturated heterocycles. The summed E-state index contributed by atoms with van der Waals surface area (Å²) in [6.07, 6.45) is 1.79. The Morgan fingerprint density at radius 3 is 2.12 bits per heavy atom. The van der Waals surface area contributed by atoms with Crippen LogP contribution in [0.2, 0.25) is 0 Å². The van der Waals surface area contributed by atoms with Crippen LogP contribution in [0, 0.1) is 0 Å². The molecule has 0 bridgehead atoms. The lowest BCUT2D eigenvalue weighted by Gasteiger charge is -2.19. The highest BCUT2D eigenvalue weighted by Crippen LogP contribution is 2.13. The molecule has 0 aromatic carbocycles. The minimum atomic E-state index is -0.830. The lowest BCUT2D eigenvalue weighted by Crippen LogP contribution is -2.27. The number of aliphatic carboxylic acids is 1. The van der Waals surface area contributed by atoms with Gasteiger partial charge in [0, 0.05) is 18.8 Å². The van der Waals surface area contributed by atoms with Gasteiger partial charge in [-0.05, 0) is 27.2 Å². The van der Waals surface area contributed by atoms with Crippen LogP contribution < -0.4 is 0 Å². The van der Waals surface area contributed by atoms with E-state index in [9.17, 15) is 4.79 Å². The predicted molar refractivity (Wildman–Crippen MR) is 70.8 cm³/mol. The fourth-order valence-electron chi connectivity index (χ4n) is 1.63. The third kappa shape index (κ3) is 6.60. The number of hydrogen-bond donors (Lipinski definition) is 1. The molecule has 17 heavy (non-hydrogen) atoms. The summed E-state index contributed by atoms with van der Waals surface area (Å²) in [5, 5.41) is 10.1. The molecular formula is C12H24O4Si. The third-order valence-corrected chi connectivity index (χ3v) is 4.70. The van der Waals surface area contributed by atoms with Crippen molar-refractivity contribution in [2.75, 3.05) is 13.2 Å². The van der Waals surface area contributed by atoms with Crippen LogP contribution in [-0.2, 0) is 14.3 Å². The normalized spacial score (nSPS) is 13.5. The first-order valence-corrected chi connectivity index (χ1v) is 7.74. The number of ether oxygens (including phenoxy) is 2. The van der Waals surface area contributed by atoms with Crippen molar-refractivity contribution in [1.82, 2.24) is 0 Å². The predicted octanol–water partition coefficient (Wildman–Crippen LogP) is 1.67. The van der Waals surface area contributed by atoms with E-state index in [4.69, 9.17) is 14.6 Å². The van der Waals surface area contributed by atoms with Crippen molar-refractivity contribution in [2.24, 2.45) is 0 Å². The van der Waals surface area contributed by atoms with Gasteiger partial charge in [0.05, 0.1) is 0 Å². The van der Waals surface area contributed by atoms with E-state index in [0.29, 0.717) is 18.8 Å². The number of carboxylic acid groups (broad SMARTS) is 1. The molecular weight excluding hydrogens is 236 g/mol. The Bertz CT molecular complexity index is 257. The van der Waals surface area contributed by atoms with Gasteiger partial charge in [-0.1, -0.05) is 18.5 Å². The van der Waals surface area contributed by atoms with Gasteiger partial charge >= 0.3 is 5.97 Å². The Morgan fingerprint density at radius 2 is 1.76 bits per heavy atom. The second kappa shape index (κ2) is 9.38. The van der Waals surface area contributed by atoms with Crippen molar-refractivity contribution >= 4 is 15.5 Å². The molecule has 0 radical (unpaired) electrons. The molecule has 0 aliphatic carbocycles. The molecule has 0 saturated carbocycles. The summed E-state index contributed by atoms with van der Waals surface area (Å²) >= 11 is 0. The molecule has 0 unspecified atom stereocenters. The first-order valence-electron chi connectivity index (χ1n) is 6.21. The second-order valence-electron chi connectivity index (χ2n) is 3.83. The van der Waals surface area contributed by atoms with E-state index in [0.717, 1.165) is 18.0 Å². The van der Waals surface area contributed by atoms with Crippen molar-refractivity contribution < 1.29 is 19.4 Å². The number of carboxylic acids is 1. The highest BCUT2D eigenvalue weighted by molar-refractivity contribution is 6.47. The van der Waals surface area contributed by atoms with Crippen LogP contribution in [0.5, 0.6) is 0 Å². The van der Waals surface area contributed by atoms with Gasteiger partial charge in [-0.3, -0.25) is 0 Å². The van der Waals surface area contributed by atoms with Crippen LogP contribution in [0.3, 0.4) is 0 Å². The van der Waals surface area contributed by atoms with E-state index in [1.165, 1.54) is 0 Å². The van der Waals surface area contributed by atoms with Gasteiger partial charge in [0.15, 0.2) is 0 Å². The zero-order valence-corrected chi connectivity index (χ0v) is 12.7. The summed E-state index contributed by atoms with van der Waals surface area (Å²) in [5.74, 6) is -1.02. The first kappa shape index (κ1) is 16.3. The Balaban J connectivity index is 4.70. The molecule has 0 heterocycles. The maximum absolute atomic E-state index is 11.0. The average molecular weight is 260 g/mol. The smallest absolute Gasteiger partial charge is 0.330 e. The van der Waals surface area contributed by atoms with E-state index in [1.54, 1.807) is 6.92 Å². The lowest BCUT2D eigenvalue weighted by molar-refractivity contribution is -0.132. The van der Waals surface area contributed by atoms with Crippen LogP contribution in [-0.4, -0.2) is 39.7 Å². The largest absolute Gasteiger partial charge is 0.478 e. The van der Waals surface area contributed by atoms with Crippen molar-refractivity contribution in [1.29, 1.82) is 0 Å². The minimum Gasteiger partial charge on any atom is -0.478 e. The Morgan fingerprint density at radius 1 is 1.24 bits per heavy atom. The van der Waals surface area contributed by atoms with Gasteiger partial charge in [-0.2, -0.15) is 0 Å². The maximum atomic E-state index is 11.0. The molecule has 0 rings (SSSR count). The minimum absolute atomic E-state index is 0.194. The van der Waals surface area contributed by atoms with Gasteiger partial charge in [0.2, 0.25) is 0 Å². The topological polar surface area (TPSA) is 55.8 Å². The second-order valence-corrected chi connectivity index (χ2v) is 5.76.